The second-order valence-corrected chi connectivity index (χ2v) is 6.73. The van der Waals surface area contributed by atoms with Crippen LogP contribution in [-0.2, 0) is 5.75 Å². The maximum Gasteiger partial charge on any atom is 0.288 e. The van der Waals surface area contributed by atoms with Gasteiger partial charge in [-0.05, 0) is 24.6 Å². The number of nitrogens with zero attached hydrogens (tertiary/aromatic N) is 1. The van der Waals surface area contributed by atoms with Crippen LogP contribution in [0.25, 0.3) is 0 Å². The number of hydrogen-bond donors (Lipinski definition) is 1. The number of halogens is 1. The molecular weight excluding hydrogens is 348 g/mol. The summed E-state index contributed by atoms with van der Waals surface area (Å²) in [6, 6.07) is 12.4. The average Bonchev–Trinajstić information content (AvgIpc) is 2.56. The molecule has 2 rings (SSSR count). The van der Waals surface area contributed by atoms with Crippen LogP contribution in [0, 0.1) is 17.0 Å². The summed E-state index contributed by atoms with van der Waals surface area (Å²) < 4.78 is 0. The first-order valence-electron chi connectivity index (χ1n) is 7.33. The van der Waals surface area contributed by atoms with Gasteiger partial charge >= 0.3 is 0 Å². The third-order valence-corrected chi connectivity index (χ3v) is 4.68. The van der Waals surface area contributed by atoms with Crippen LogP contribution in [0.1, 0.15) is 21.5 Å². The number of nitro benzene ring substituents is 1. The van der Waals surface area contributed by atoms with Crippen molar-refractivity contribution in [1.82, 2.24) is 5.32 Å². The molecule has 0 aliphatic carbocycles. The first kappa shape index (κ1) is 18.3. The Bertz CT molecular complexity index is 735. The van der Waals surface area contributed by atoms with Gasteiger partial charge in [-0.25, -0.2) is 0 Å². The molecule has 0 bridgehead atoms. The van der Waals surface area contributed by atoms with E-state index in [2.05, 4.69) is 29.6 Å². The quantitative estimate of drug-likeness (QED) is 0.453. The van der Waals surface area contributed by atoms with E-state index in [9.17, 15) is 14.9 Å². The van der Waals surface area contributed by atoms with Crippen molar-refractivity contribution in [1.29, 1.82) is 0 Å². The van der Waals surface area contributed by atoms with Gasteiger partial charge in [-0.2, -0.15) is 11.8 Å². The zero-order valence-corrected chi connectivity index (χ0v) is 14.7. The molecule has 126 valence electrons. The number of nitrogens with one attached hydrogen (secondary N) is 1. The van der Waals surface area contributed by atoms with Crippen LogP contribution in [-0.4, -0.2) is 23.1 Å². The van der Waals surface area contributed by atoms with E-state index in [-0.39, 0.29) is 22.2 Å². The maximum absolute atomic E-state index is 12.0. The lowest BCUT2D eigenvalue weighted by Crippen LogP contribution is -2.25. The fraction of sp³-hybridized carbons (Fsp3) is 0.235. The molecule has 2 aromatic carbocycles. The first-order chi connectivity index (χ1) is 11.5. The Kier molecular flexibility index (Phi) is 6.63. The summed E-state index contributed by atoms with van der Waals surface area (Å²) in [6.45, 7) is 2.54. The lowest BCUT2D eigenvalue weighted by molar-refractivity contribution is -0.384. The molecule has 0 aromatic heterocycles. The summed E-state index contributed by atoms with van der Waals surface area (Å²) in [6.07, 6.45) is 0. The molecule has 1 amide bonds. The highest BCUT2D eigenvalue weighted by molar-refractivity contribution is 7.98. The standard InChI is InChI=1S/C17H17ClN2O3S/c1-12-2-4-13(5-3-12)11-24-9-8-19-17(21)14-6-7-15(18)16(10-14)20(22)23/h2-7,10H,8-9,11H2,1H3,(H,19,21). The van der Waals surface area contributed by atoms with Crippen molar-refractivity contribution in [2.45, 2.75) is 12.7 Å². The van der Waals surface area contributed by atoms with Gasteiger partial charge in [0.25, 0.3) is 11.6 Å². The molecule has 0 fully saturated rings. The Hall–Kier alpha value is -2.05. The highest BCUT2D eigenvalue weighted by Crippen LogP contribution is 2.25. The van der Waals surface area contributed by atoms with Gasteiger partial charge in [-0.1, -0.05) is 41.4 Å². The van der Waals surface area contributed by atoms with Crippen LogP contribution >= 0.6 is 23.4 Å². The zero-order valence-electron chi connectivity index (χ0n) is 13.1. The van der Waals surface area contributed by atoms with E-state index < -0.39 is 4.92 Å². The lowest BCUT2D eigenvalue weighted by atomic mass is 10.2. The largest absolute Gasteiger partial charge is 0.351 e. The SMILES string of the molecule is Cc1ccc(CSCCNC(=O)c2ccc(Cl)c([N+](=O)[O-])c2)cc1. The van der Waals surface area contributed by atoms with Crippen LogP contribution in [0.3, 0.4) is 0 Å². The number of benzene rings is 2. The molecule has 0 saturated carbocycles. The molecule has 24 heavy (non-hydrogen) atoms. The Morgan fingerprint density at radius 1 is 1.25 bits per heavy atom. The van der Waals surface area contributed by atoms with E-state index in [4.69, 9.17) is 11.6 Å². The van der Waals surface area contributed by atoms with Crippen LogP contribution in [0.15, 0.2) is 42.5 Å². The number of nitro groups is 1. The molecule has 7 heteroatoms. The fourth-order valence-corrected chi connectivity index (χ4v) is 3.01. The van der Waals surface area contributed by atoms with Gasteiger partial charge in [0, 0.05) is 29.7 Å². The van der Waals surface area contributed by atoms with Gasteiger partial charge in [0.05, 0.1) is 4.92 Å². The van der Waals surface area contributed by atoms with Gasteiger partial charge < -0.3 is 5.32 Å². The van der Waals surface area contributed by atoms with E-state index in [1.807, 2.05) is 6.92 Å². The normalized spacial score (nSPS) is 10.4. The molecule has 0 aliphatic heterocycles. The van der Waals surface area contributed by atoms with Crippen molar-refractivity contribution in [2.24, 2.45) is 0 Å². The average molecular weight is 365 g/mol. The summed E-state index contributed by atoms with van der Waals surface area (Å²) in [5.74, 6) is 1.29. The van der Waals surface area contributed by atoms with Crippen LogP contribution in [0.2, 0.25) is 5.02 Å². The van der Waals surface area contributed by atoms with E-state index in [1.165, 1.54) is 29.3 Å². The van der Waals surface area contributed by atoms with E-state index >= 15 is 0 Å². The van der Waals surface area contributed by atoms with Crippen LogP contribution in [0.4, 0.5) is 5.69 Å². The Morgan fingerprint density at radius 2 is 1.96 bits per heavy atom. The topological polar surface area (TPSA) is 72.2 Å². The van der Waals surface area contributed by atoms with E-state index in [0.717, 1.165) is 11.5 Å². The summed E-state index contributed by atoms with van der Waals surface area (Å²) in [5.41, 5.74) is 2.44. The Morgan fingerprint density at radius 3 is 2.62 bits per heavy atom. The molecule has 0 radical (unpaired) electrons. The monoisotopic (exact) mass is 364 g/mol. The predicted molar refractivity (Wildman–Crippen MR) is 97.8 cm³/mol. The van der Waals surface area contributed by atoms with Crippen molar-refractivity contribution >= 4 is 35.0 Å². The van der Waals surface area contributed by atoms with Crippen molar-refractivity contribution < 1.29 is 9.72 Å². The number of thioether (sulfide) groups is 1. The van der Waals surface area contributed by atoms with Gasteiger partial charge in [-0.15, -0.1) is 0 Å². The summed E-state index contributed by atoms with van der Waals surface area (Å²) in [7, 11) is 0. The van der Waals surface area contributed by atoms with Crippen molar-refractivity contribution in [3.8, 4) is 0 Å². The maximum atomic E-state index is 12.0. The van der Waals surface area contributed by atoms with Crippen LogP contribution < -0.4 is 5.32 Å². The predicted octanol–water partition coefficient (Wildman–Crippen LogP) is 4.22. The molecule has 2 aromatic rings. The van der Waals surface area contributed by atoms with Crippen molar-refractivity contribution in [3.05, 3.63) is 74.3 Å². The highest BCUT2D eigenvalue weighted by Gasteiger charge is 2.15. The Labute approximate surface area is 149 Å². The molecule has 0 atom stereocenters. The van der Waals surface area contributed by atoms with Gasteiger partial charge in [0.15, 0.2) is 0 Å². The molecule has 0 spiro atoms. The number of carbonyl (C=O) groups excluding carboxylic acids is 1. The van der Waals surface area contributed by atoms with E-state index in [1.54, 1.807) is 11.8 Å². The number of carbonyl (C=O) groups is 1. The molecule has 0 unspecified atom stereocenters. The summed E-state index contributed by atoms with van der Waals surface area (Å²) in [5, 5.41) is 13.6. The first-order valence-corrected chi connectivity index (χ1v) is 8.86. The minimum absolute atomic E-state index is 0.0187. The third kappa shape index (κ3) is 5.25. The van der Waals surface area contributed by atoms with Gasteiger partial charge in [0.1, 0.15) is 5.02 Å². The fourth-order valence-electron chi connectivity index (χ4n) is 2.01. The highest BCUT2D eigenvalue weighted by atomic mass is 35.5. The molecule has 0 saturated heterocycles. The number of rotatable bonds is 7. The minimum atomic E-state index is -0.601. The number of hydrogen-bond acceptors (Lipinski definition) is 4. The molecule has 0 heterocycles. The molecule has 5 nitrogen and oxygen atoms in total. The van der Waals surface area contributed by atoms with Gasteiger partial charge in [-0.3, -0.25) is 14.9 Å². The zero-order chi connectivity index (χ0) is 17.5. The van der Waals surface area contributed by atoms with Crippen molar-refractivity contribution in [3.63, 3.8) is 0 Å². The smallest absolute Gasteiger partial charge is 0.288 e. The number of amides is 1. The second-order valence-electron chi connectivity index (χ2n) is 5.22. The molecule has 0 aliphatic rings. The lowest BCUT2D eigenvalue weighted by Gasteiger charge is -2.06. The van der Waals surface area contributed by atoms with Gasteiger partial charge in [0.2, 0.25) is 0 Å². The van der Waals surface area contributed by atoms with E-state index in [0.29, 0.717) is 6.54 Å². The molecule has 1 N–H and O–H groups in total. The van der Waals surface area contributed by atoms with Crippen molar-refractivity contribution in [2.75, 3.05) is 12.3 Å². The summed E-state index contributed by atoms with van der Waals surface area (Å²) in [4.78, 5) is 22.3. The second kappa shape index (κ2) is 8.70. The van der Waals surface area contributed by atoms with Crippen LogP contribution in [0.5, 0.6) is 0 Å². The third-order valence-electron chi connectivity index (χ3n) is 3.33. The number of aryl methyl sites for hydroxylation is 1. The summed E-state index contributed by atoms with van der Waals surface area (Å²) >= 11 is 7.45. The Balaban J connectivity index is 1.78. The molecular formula is C17H17ClN2O3S. The minimum Gasteiger partial charge on any atom is -0.351 e.